The summed E-state index contributed by atoms with van der Waals surface area (Å²) in [5.74, 6) is 0. The fourth-order valence-corrected chi connectivity index (χ4v) is 3.09. The molecule has 0 atom stereocenters. The Bertz CT molecular complexity index is 1210. The van der Waals surface area contributed by atoms with Crippen LogP contribution in [0, 0.1) is 6.92 Å². The molecule has 0 aliphatic rings. The molecule has 0 radical (unpaired) electrons. The molecule has 0 fully saturated rings. The Balaban J connectivity index is 1.79. The number of hydrogen-bond donors (Lipinski definition) is 3. The lowest BCUT2D eigenvalue weighted by molar-refractivity contribution is 0.194. The summed E-state index contributed by atoms with van der Waals surface area (Å²) < 4.78 is 1.41. The number of nitrogens with one attached hydrogen (secondary N) is 2. The summed E-state index contributed by atoms with van der Waals surface area (Å²) in [5.41, 5.74) is 4.73. The Hall–Kier alpha value is -3.94. The van der Waals surface area contributed by atoms with Gasteiger partial charge in [-0.25, -0.2) is 14.3 Å². The third kappa shape index (κ3) is 3.23. The quantitative estimate of drug-likeness (QED) is 0.508. The Labute approximate surface area is 159 Å². The third-order valence-electron chi connectivity index (χ3n) is 4.41. The minimum absolute atomic E-state index is 0.214. The van der Waals surface area contributed by atoms with E-state index in [1.807, 2.05) is 37.3 Å². The van der Waals surface area contributed by atoms with Crippen LogP contribution in [0.15, 0.2) is 59.5 Å². The van der Waals surface area contributed by atoms with Gasteiger partial charge in [0, 0.05) is 30.1 Å². The van der Waals surface area contributed by atoms with Crippen molar-refractivity contribution in [2.24, 2.45) is 0 Å². The van der Waals surface area contributed by atoms with Crippen LogP contribution in [0.1, 0.15) is 11.3 Å². The van der Waals surface area contributed by atoms with E-state index in [-0.39, 0.29) is 12.1 Å². The van der Waals surface area contributed by atoms with Crippen LogP contribution < -0.4 is 10.9 Å². The maximum Gasteiger partial charge on any atom is 0.404 e. The van der Waals surface area contributed by atoms with E-state index in [2.05, 4.69) is 20.4 Å². The van der Waals surface area contributed by atoms with Crippen LogP contribution >= 0.6 is 0 Å². The first-order valence-corrected chi connectivity index (χ1v) is 8.63. The summed E-state index contributed by atoms with van der Waals surface area (Å²) in [6.45, 7) is 2.09. The highest BCUT2D eigenvalue weighted by molar-refractivity contribution is 5.78. The van der Waals surface area contributed by atoms with Gasteiger partial charge in [0.2, 0.25) is 0 Å². The number of benzene rings is 1. The number of H-pyrrole nitrogens is 1. The molecule has 0 saturated heterocycles. The molecule has 1 aromatic carbocycles. The van der Waals surface area contributed by atoms with Gasteiger partial charge in [0.1, 0.15) is 0 Å². The van der Waals surface area contributed by atoms with Gasteiger partial charge in [0.25, 0.3) is 5.56 Å². The van der Waals surface area contributed by atoms with Crippen molar-refractivity contribution in [2.45, 2.75) is 13.5 Å². The highest BCUT2D eigenvalue weighted by atomic mass is 16.4. The molecule has 1 amide bonds. The van der Waals surface area contributed by atoms with Gasteiger partial charge >= 0.3 is 6.09 Å². The van der Waals surface area contributed by atoms with Gasteiger partial charge in [0.05, 0.1) is 17.0 Å². The van der Waals surface area contributed by atoms with Gasteiger partial charge in [0.15, 0.2) is 5.65 Å². The van der Waals surface area contributed by atoms with Crippen LogP contribution in [0.5, 0.6) is 0 Å². The number of amides is 1. The first-order chi connectivity index (χ1) is 13.5. The topological polar surface area (TPSA) is 112 Å². The summed E-state index contributed by atoms with van der Waals surface area (Å²) in [6, 6.07) is 14.3. The predicted molar refractivity (Wildman–Crippen MR) is 104 cm³/mol. The number of aryl methyl sites for hydroxylation is 1. The summed E-state index contributed by atoms with van der Waals surface area (Å²) in [7, 11) is 0. The van der Waals surface area contributed by atoms with Crippen molar-refractivity contribution in [3.8, 4) is 22.5 Å². The lowest BCUT2D eigenvalue weighted by Gasteiger charge is -2.05. The molecule has 0 saturated carbocycles. The van der Waals surface area contributed by atoms with Gasteiger partial charge in [-0.15, -0.1) is 0 Å². The molecule has 0 spiro atoms. The molecular formula is C20H17N5O3. The van der Waals surface area contributed by atoms with Crippen molar-refractivity contribution in [3.63, 3.8) is 0 Å². The monoisotopic (exact) mass is 375 g/mol. The molecule has 0 unspecified atom stereocenters. The third-order valence-corrected chi connectivity index (χ3v) is 4.41. The van der Waals surface area contributed by atoms with Crippen LogP contribution in [0.25, 0.3) is 28.2 Å². The largest absolute Gasteiger partial charge is 0.465 e. The zero-order valence-electron chi connectivity index (χ0n) is 15.0. The van der Waals surface area contributed by atoms with Crippen LogP contribution in [0.4, 0.5) is 4.79 Å². The minimum atomic E-state index is -1.07. The van der Waals surface area contributed by atoms with E-state index in [1.54, 1.807) is 18.3 Å². The van der Waals surface area contributed by atoms with Gasteiger partial charge in [-0.05, 0) is 24.6 Å². The first kappa shape index (κ1) is 17.5. The molecular weight excluding hydrogens is 358 g/mol. The zero-order valence-corrected chi connectivity index (χ0v) is 15.0. The molecule has 140 valence electrons. The standard InChI is InChI=1S/C20H17N5O3/c1-12-18(15-4-2-3-9-21-15)19-23-16(10-17(26)25(19)24-12)14-7-5-13(6-8-14)11-22-20(27)28/h2-10,22,24H,11H2,1H3,(H,27,28). The number of rotatable bonds is 4. The molecule has 28 heavy (non-hydrogen) atoms. The highest BCUT2D eigenvalue weighted by Crippen LogP contribution is 2.26. The van der Waals surface area contributed by atoms with E-state index in [4.69, 9.17) is 5.11 Å². The normalized spacial score (nSPS) is 10.9. The number of carboxylic acid groups (broad SMARTS) is 1. The summed E-state index contributed by atoms with van der Waals surface area (Å²) >= 11 is 0. The lowest BCUT2D eigenvalue weighted by atomic mass is 10.1. The molecule has 8 nitrogen and oxygen atoms in total. The van der Waals surface area contributed by atoms with Crippen LogP contribution in [-0.4, -0.2) is 30.8 Å². The fraction of sp³-hybridized carbons (Fsp3) is 0.100. The Morgan fingerprint density at radius 3 is 2.64 bits per heavy atom. The van der Waals surface area contributed by atoms with Crippen molar-refractivity contribution in [2.75, 3.05) is 0 Å². The summed E-state index contributed by atoms with van der Waals surface area (Å²) in [6.07, 6.45) is 0.624. The number of aromatic amines is 1. The highest BCUT2D eigenvalue weighted by Gasteiger charge is 2.16. The van der Waals surface area contributed by atoms with Crippen LogP contribution in [0.3, 0.4) is 0 Å². The first-order valence-electron chi connectivity index (χ1n) is 8.63. The molecule has 3 heterocycles. The second-order valence-electron chi connectivity index (χ2n) is 6.32. The Morgan fingerprint density at radius 2 is 1.96 bits per heavy atom. The molecule has 0 aliphatic carbocycles. The zero-order chi connectivity index (χ0) is 19.7. The van der Waals surface area contributed by atoms with Crippen molar-refractivity contribution in [1.29, 1.82) is 0 Å². The average molecular weight is 375 g/mol. The maximum absolute atomic E-state index is 12.6. The maximum atomic E-state index is 12.6. The summed E-state index contributed by atoms with van der Waals surface area (Å²) in [4.78, 5) is 32.3. The van der Waals surface area contributed by atoms with Crippen LogP contribution in [-0.2, 0) is 6.54 Å². The molecule has 8 heteroatoms. The molecule has 4 rings (SSSR count). The summed E-state index contributed by atoms with van der Waals surface area (Å²) in [5, 5.41) is 14.1. The average Bonchev–Trinajstić information content (AvgIpc) is 3.04. The minimum Gasteiger partial charge on any atom is -0.465 e. The van der Waals surface area contributed by atoms with Crippen molar-refractivity contribution >= 4 is 11.7 Å². The smallest absolute Gasteiger partial charge is 0.404 e. The molecule has 3 N–H and O–H groups in total. The van der Waals surface area contributed by atoms with Crippen molar-refractivity contribution in [1.82, 2.24) is 24.9 Å². The Kier molecular flexibility index (Phi) is 4.36. The SMILES string of the molecule is Cc1[nH]n2c(=O)cc(-c3ccc(CNC(=O)O)cc3)nc2c1-c1ccccn1. The number of fused-ring (bicyclic) bond motifs is 1. The van der Waals surface area contributed by atoms with E-state index in [9.17, 15) is 9.59 Å². The van der Waals surface area contributed by atoms with E-state index in [0.29, 0.717) is 11.3 Å². The van der Waals surface area contributed by atoms with Gasteiger partial charge in [-0.3, -0.25) is 14.9 Å². The number of aromatic nitrogens is 4. The van der Waals surface area contributed by atoms with E-state index >= 15 is 0 Å². The van der Waals surface area contributed by atoms with E-state index < -0.39 is 6.09 Å². The molecule has 0 aliphatic heterocycles. The van der Waals surface area contributed by atoms with E-state index in [1.165, 1.54) is 10.6 Å². The number of carbonyl (C=O) groups is 1. The second-order valence-corrected chi connectivity index (χ2v) is 6.32. The van der Waals surface area contributed by atoms with Gasteiger partial charge in [-0.1, -0.05) is 30.3 Å². The van der Waals surface area contributed by atoms with Crippen molar-refractivity contribution in [3.05, 3.63) is 76.3 Å². The number of pyridine rings is 1. The molecule has 3 aromatic heterocycles. The Morgan fingerprint density at radius 1 is 1.18 bits per heavy atom. The van der Waals surface area contributed by atoms with E-state index in [0.717, 1.165) is 28.1 Å². The predicted octanol–water partition coefficient (Wildman–Crippen LogP) is 2.83. The molecule has 0 bridgehead atoms. The van der Waals surface area contributed by atoms with Gasteiger partial charge < -0.3 is 10.4 Å². The van der Waals surface area contributed by atoms with Crippen LogP contribution in [0.2, 0.25) is 0 Å². The number of hydrogen-bond acceptors (Lipinski definition) is 4. The van der Waals surface area contributed by atoms with Gasteiger partial charge in [-0.2, -0.15) is 0 Å². The molecule has 4 aromatic rings. The fourth-order valence-electron chi connectivity index (χ4n) is 3.09. The lowest BCUT2D eigenvalue weighted by Crippen LogP contribution is -2.19. The number of nitrogens with zero attached hydrogens (tertiary/aromatic N) is 3. The second kappa shape index (κ2) is 6.99. The van der Waals surface area contributed by atoms with Crippen molar-refractivity contribution < 1.29 is 9.90 Å².